The van der Waals surface area contributed by atoms with Crippen LogP contribution in [-0.4, -0.2) is 58.6 Å². The summed E-state index contributed by atoms with van der Waals surface area (Å²) >= 11 is 0. The van der Waals surface area contributed by atoms with Gasteiger partial charge in [-0.05, 0) is 58.3 Å². The minimum absolute atomic E-state index is 0.0706. The molecule has 0 saturated carbocycles. The number of nitrogens with zero attached hydrogens (tertiary/aromatic N) is 4. The molecule has 0 amide bonds. The molecule has 2 saturated heterocycles. The van der Waals surface area contributed by atoms with Gasteiger partial charge in [0.15, 0.2) is 0 Å². The second-order valence-electron chi connectivity index (χ2n) is 6.95. The Labute approximate surface area is 132 Å². The molecule has 22 heavy (non-hydrogen) atoms. The van der Waals surface area contributed by atoms with Crippen LogP contribution in [0.25, 0.3) is 0 Å². The van der Waals surface area contributed by atoms with Gasteiger partial charge in [0.1, 0.15) is 0 Å². The maximum Gasteiger partial charge on any atom is 0.253 e. The summed E-state index contributed by atoms with van der Waals surface area (Å²) in [6.07, 6.45) is 9.72. The minimum atomic E-state index is 0.0706. The van der Waals surface area contributed by atoms with E-state index in [2.05, 4.69) is 21.8 Å². The lowest BCUT2D eigenvalue weighted by atomic mass is 9.95. The molecule has 1 atom stereocenters. The smallest absolute Gasteiger partial charge is 0.253 e. The molecule has 1 unspecified atom stereocenters. The molecule has 3 rings (SSSR count). The van der Waals surface area contributed by atoms with Crippen LogP contribution >= 0.6 is 0 Å². The second kappa shape index (κ2) is 7.38. The molecule has 2 aliphatic heterocycles. The highest BCUT2D eigenvalue weighted by Crippen LogP contribution is 2.21. The van der Waals surface area contributed by atoms with Crippen molar-refractivity contribution < 1.29 is 0 Å². The van der Waals surface area contributed by atoms with Gasteiger partial charge >= 0.3 is 0 Å². The van der Waals surface area contributed by atoms with Gasteiger partial charge in [0, 0.05) is 31.4 Å². The zero-order chi connectivity index (χ0) is 15.4. The van der Waals surface area contributed by atoms with E-state index in [0.717, 1.165) is 12.6 Å². The number of rotatable bonds is 4. The van der Waals surface area contributed by atoms with Crippen LogP contribution in [0.15, 0.2) is 23.4 Å². The highest BCUT2D eigenvalue weighted by Gasteiger charge is 2.25. The van der Waals surface area contributed by atoms with E-state index >= 15 is 0 Å². The summed E-state index contributed by atoms with van der Waals surface area (Å²) in [5.41, 5.74) is 0.0706. The van der Waals surface area contributed by atoms with E-state index in [9.17, 15) is 4.79 Å². The molecule has 5 nitrogen and oxygen atoms in total. The quantitative estimate of drug-likeness (QED) is 0.844. The van der Waals surface area contributed by atoms with Gasteiger partial charge in [-0.15, -0.1) is 0 Å². The number of likely N-dealkylation sites (tertiary alicyclic amines) is 2. The topological polar surface area (TPSA) is 41.4 Å². The molecule has 122 valence electrons. The third-order valence-corrected chi connectivity index (χ3v) is 5.34. The number of hydrogen-bond donors (Lipinski definition) is 0. The molecule has 0 aliphatic carbocycles. The van der Waals surface area contributed by atoms with Crippen molar-refractivity contribution in [3.05, 3.63) is 28.9 Å². The second-order valence-corrected chi connectivity index (χ2v) is 6.95. The van der Waals surface area contributed by atoms with Crippen LogP contribution in [0, 0.1) is 5.92 Å². The lowest BCUT2D eigenvalue weighted by molar-refractivity contribution is 0.100. The lowest BCUT2D eigenvalue weighted by Crippen LogP contribution is -2.47. The summed E-state index contributed by atoms with van der Waals surface area (Å²) in [6.45, 7) is 5.64. The van der Waals surface area contributed by atoms with Gasteiger partial charge in [0.05, 0.1) is 6.33 Å². The first-order valence-corrected chi connectivity index (χ1v) is 8.65. The van der Waals surface area contributed by atoms with E-state index in [-0.39, 0.29) is 5.56 Å². The SMILES string of the molecule is CN1CCCCC1CN1CCC(Cn2cnccc2=O)CC1. The molecular weight excluding hydrogens is 276 g/mol. The van der Waals surface area contributed by atoms with Gasteiger partial charge in [0.2, 0.25) is 0 Å². The van der Waals surface area contributed by atoms with Crippen LogP contribution in [-0.2, 0) is 6.54 Å². The van der Waals surface area contributed by atoms with Crippen LogP contribution in [0.2, 0.25) is 0 Å². The standard InChI is InChI=1S/C17H28N4O/c1-19-9-3-2-4-16(19)13-20-10-6-15(7-11-20)12-21-14-18-8-5-17(21)22/h5,8,14-16H,2-4,6-7,9-13H2,1H3. The summed E-state index contributed by atoms with van der Waals surface area (Å²) in [5, 5.41) is 0. The van der Waals surface area contributed by atoms with Crippen molar-refractivity contribution in [2.75, 3.05) is 33.2 Å². The van der Waals surface area contributed by atoms with E-state index in [1.165, 1.54) is 58.3 Å². The number of aromatic nitrogens is 2. The van der Waals surface area contributed by atoms with Gasteiger partial charge in [-0.2, -0.15) is 0 Å². The van der Waals surface area contributed by atoms with Gasteiger partial charge in [-0.3, -0.25) is 9.36 Å². The van der Waals surface area contributed by atoms with Crippen LogP contribution in [0.3, 0.4) is 0 Å². The number of hydrogen-bond acceptors (Lipinski definition) is 4. The van der Waals surface area contributed by atoms with Crippen molar-refractivity contribution in [3.63, 3.8) is 0 Å². The first-order chi connectivity index (χ1) is 10.7. The molecule has 3 heterocycles. The number of likely N-dealkylation sites (N-methyl/N-ethyl adjacent to an activating group) is 1. The van der Waals surface area contributed by atoms with Gasteiger partial charge < -0.3 is 9.80 Å². The fraction of sp³-hybridized carbons (Fsp3) is 0.765. The molecule has 0 spiro atoms. The van der Waals surface area contributed by atoms with E-state index in [0.29, 0.717) is 5.92 Å². The Morgan fingerprint density at radius 1 is 1.14 bits per heavy atom. The molecular formula is C17H28N4O. The Kier molecular flexibility index (Phi) is 5.26. The van der Waals surface area contributed by atoms with Gasteiger partial charge in [0.25, 0.3) is 5.56 Å². The van der Waals surface area contributed by atoms with Gasteiger partial charge in [-0.25, -0.2) is 4.98 Å². The fourth-order valence-electron chi connectivity index (χ4n) is 3.82. The van der Waals surface area contributed by atoms with E-state index in [4.69, 9.17) is 0 Å². The highest BCUT2D eigenvalue weighted by atomic mass is 16.1. The lowest BCUT2D eigenvalue weighted by Gasteiger charge is -2.39. The zero-order valence-electron chi connectivity index (χ0n) is 13.7. The molecule has 2 aliphatic rings. The summed E-state index contributed by atoms with van der Waals surface area (Å²) < 4.78 is 1.76. The van der Waals surface area contributed by atoms with Crippen molar-refractivity contribution in [1.82, 2.24) is 19.4 Å². The zero-order valence-corrected chi connectivity index (χ0v) is 13.7. The summed E-state index contributed by atoms with van der Waals surface area (Å²) in [7, 11) is 2.27. The Morgan fingerprint density at radius 3 is 2.68 bits per heavy atom. The van der Waals surface area contributed by atoms with Crippen LogP contribution in [0.5, 0.6) is 0 Å². The van der Waals surface area contributed by atoms with Crippen LogP contribution in [0.1, 0.15) is 32.1 Å². The normalized spacial score (nSPS) is 25.4. The van der Waals surface area contributed by atoms with Crippen molar-refractivity contribution in [1.29, 1.82) is 0 Å². The summed E-state index contributed by atoms with van der Waals surface area (Å²) in [6, 6.07) is 2.29. The molecule has 0 aromatic carbocycles. The predicted molar refractivity (Wildman–Crippen MR) is 87.9 cm³/mol. The molecule has 0 N–H and O–H groups in total. The Morgan fingerprint density at radius 2 is 1.95 bits per heavy atom. The molecule has 0 bridgehead atoms. The van der Waals surface area contributed by atoms with Crippen LogP contribution in [0.4, 0.5) is 0 Å². The van der Waals surface area contributed by atoms with E-state index in [1.54, 1.807) is 23.2 Å². The van der Waals surface area contributed by atoms with Gasteiger partial charge in [-0.1, -0.05) is 6.42 Å². The molecule has 1 aromatic heterocycles. The molecule has 1 aromatic rings. The largest absolute Gasteiger partial charge is 0.302 e. The maximum absolute atomic E-state index is 11.8. The van der Waals surface area contributed by atoms with Crippen molar-refractivity contribution in [2.24, 2.45) is 5.92 Å². The van der Waals surface area contributed by atoms with E-state index < -0.39 is 0 Å². The third kappa shape index (κ3) is 3.96. The first-order valence-electron chi connectivity index (χ1n) is 8.65. The summed E-state index contributed by atoms with van der Waals surface area (Å²) in [5.74, 6) is 0.613. The van der Waals surface area contributed by atoms with Crippen molar-refractivity contribution in [3.8, 4) is 0 Å². The Balaban J connectivity index is 1.46. The minimum Gasteiger partial charge on any atom is -0.302 e. The average molecular weight is 304 g/mol. The van der Waals surface area contributed by atoms with E-state index in [1.807, 2.05) is 0 Å². The number of piperidine rings is 2. The molecule has 2 fully saturated rings. The monoisotopic (exact) mass is 304 g/mol. The molecule has 0 radical (unpaired) electrons. The Hall–Kier alpha value is -1.20. The first kappa shape index (κ1) is 15.7. The third-order valence-electron chi connectivity index (χ3n) is 5.34. The van der Waals surface area contributed by atoms with Crippen LogP contribution < -0.4 is 5.56 Å². The molecule has 5 heteroatoms. The fourth-order valence-corrected chi connectivity index (χ4v) is 3.82. The Bertz CT molecular complexity index is 521. The van der Waals surface area contributed by atoms with Crippen molar-refractivity contribution in [2.45, 2.75) is 44.7 Å². The summed E-state index contributed by atoms with van der Waals surface area (Å²) in [4.78, 5) is 21.0. The predicted octanol–water partition coefficient (Wildman–Crippen LogP) is 1.44. The average Bonchev–Trinajstić information content (AvgIpc) is 2.54. The van der Waals surface area contributed by atoms with Crippen molar-refractivity contribution >= 4 is 0 Å². The maximum atomic E-state index is 11.8. The highest BCUT2D eigenvalue weighted by molar-refractivity contribution is 4.85.